The molecule has 0 radical (unpaired) electrons. The Morgan fingerprint density at radius 3 is 2.47 bits per heavy atom. The number of piperazine rings is 1. The first kappa shape index (κ1) is 21.7. The third-order valence-electron chi connectivity index (χ3n) is 5.18. The van der Waals surface area contributed by atoms with Crippen molar-refractivity contribution in [3.63, 3.8) is 0 Å². The number of anilines is 3. The van der Waals surface area contributed by atoms with Gasteiger partial charge in [-0.25, -0.2) is 23.4 Å². The van der Waals surface area contributed by atoms with Crippen LogP contribution in [0.4, 0.5) is 17.5 Å². The van der Waals surface area contributed by atoms with E-state index in [-0.39, 0.29) is 10.5 Å². The van der Waals surface area contributed by atoms with E-state index in [1.54, 1.807) is 18.3 Å². The highest BCUT2D eigenvalue weighted by molar-refractivity contribution is 7.89. The van der Waals surface area contributed by atoms with E-state index in [0.717, 1.165) is 11.4 Å². The molecule has 1 aliphatic rings. The number of rotatable bonds is 5. The van der Waals surface area contributed by atoms with E-state index in [1.807, 2.05) is 43.0 Å². The minimum Gasteiger partial charge on any atom is -0.354 e. The largest absolute Gasteiger partial charge is 0.354 e. The van der Waals surface area contributed by atoms with Gasteiger partial charge in [-0.05, 0) is 43.7 Å². The molecule has 32 heavy (non-hydrogen) atoms. The van der Waals surface area contributed by atoms with E-state index >= 15 is 0 Å². The average molecular weight is 450 g/mol. The molecular weight excluding hydrogens is 426 g/mol. The zero-order chi connectivity index (χ0) is 22.7. The lowest BCUT2D eigenvalue weighted by Gasteiger charge is -2.35. The molecule has 164 valence electrons. The summed E-state index contributed by atoms with van der Waals surface area (Å²) in [6.07, 6.45) is 1.73. The second-order valence-electron chi connectivity index (χ2n) is 7.50. The van der Waals surface area contributed by atoms with Gasteiger partial charge in [0.15, 0.2) is 0 Å². The molecule has 0 spiro atoms. The van der Waals surface area contributed by atoms with Gasteiger partial charge in [-0.2, -0.15) is 9.57 Å². The van der Waals surface area contributed by atoms with E-state index < -0.39 is 10.0 Å². The number of nitrogens with zero attached hydrogens (tertiary/aromatic N) is 6. The lowest BCUT2D eigenvalue weighted by atomic mass is 10.2. The fourth-order valence-corrected chi connectivity index (χ4v) is 5.16. The number of nitriles is 1. The predicted octanol–water partition coefficient (Wildman–Crippen LogP) is 2.61. The van der Waals surface area contributed by atoms with E-state index in [2.05, 4.69) is 20.3 Å². The van der Waals surface area contributed by atoms with Gasteiger partial charge in [0.2, 0.25) is 10.0 Å². The summed E-state index contributed by atoms with van der Waals surface area (Å²) in [7, 11) is -3.74. The van der Waals surface area contributed by atoms with Crippen molar-refractivity contribution in [1.29, 1.82) is 5.26 Å². The van der Waals surface area contributed by atoms with Gasteiger partial charge >= 0.3 is 0 Å². The first-order valence-electron chi connectivity index (χ1n) is 10.2. The minimum absolute atomic E-state index is 0.0472. The number of hydrogen-bond donors (Lipinski definition) is 1. The minimum atomic E-state index is -3.74. The summed E-state index contributed by atoms with van der Waals surface area (Å²) in [6, 6.07) is 13.9. The van der Waals surface area contributed by atoms with Crippen molar-refractivity contribution in [2.75, 3.05) is 36.4 Å². The fraction of sp³-hybridized carbons (Fsp3) is 0.273. The van der Waals surface area contributed by atoms with E-state index in [1.165, 1.54) is 16.4 Å². The lowest BCUT2D eigenvalue weighted by Crippen LogP contribution is -2.49. The standard InChI is InChI=1S/C22H23N7O2S/c1-16-7-8-24-20(13-16)27-21-14-22(26-17(2)25-21)28-9-11-29(12-10-28)32(30,31)19-6-4-3-5-18(19)15-23/h3-8,13-14H,9-12H2,1-2H3,(H,24,25,26,27). The molecule has 1 saturated heterocycles. The van der Waals surface area contributed by atoms with Gasteiger partial charge in [0.05, 0.1) is 10.5 Å². The maximum atomic E-state index is 13.1. The van der Waals surface area contributed by atoms with Crippen LogP contribution < -0.4 is 10.2 Å². The van der Waals surface area contributed by atoms with Gasteiger partial charge in [-0.3, -0.25) is 0 Å². The molecule has 0 unspecified atom stereocenters. The summed E-state index contributed by atoms with van der Waals surface area (Å²) < 4.78 is 27.5. The Labute approximate surface area is 187 Å². The lowest BCUT2D eigenvalue weighted by molar-refractivity contribution is 0.383. The summed E-state index contributed by atoms with van der Waals surface area (Å²) in [5.74, 6) is 2.66. The normalized spacial score (nSPS) is 14.7. The zero-order valence-electron chi connectivity index (χ0n) is 17.9. The smallest absolute Gasteiger partial charge is 0.244 e. The van der Waals surface area contributed by atoms with Crippen molar-refractivity contribution >= 4 is 27.5 Å². The molecular formula is C22H23N7O2S. The maximum Gasteiger partial charge on any atom is 0.244 e. The van der Waals surface area contributed by atoms with Gasteiger partial charge < -0.3 is 10.2 Å². The van der Waals surface area contributed by atoms with Gasteiger partial charge in [0.25, 0.3) is 0 Å². The van der Waals surface area contributed by atoms with Crippen LogP contribution in [0.1, 0.15) is 17.0 Å². The summed E-state index contributed by atoms with van der Waals surface area (Å²) in [6.45, 7) is 5.36. The van der Waals surface area contributed by atoms with Crippen LogP contribution in [0.5, 0.6) is 0 Å². The molecule has 3 heterocycles. The first-order chi connectivity index (χ1) is 15.4. The quantitative estimate of drug-likeness (QED) is 0.632. The molecule has 4 rings (SSSR count). The molecule has 0 amide bonds. The molecule has 1 aromatic carbocycles. The number of nitrogens with one attached hydrogen (secondary N) is 1. The molecule has 2 aromatic heterocycles. The molecule has 3 aromatic rings. The van der Waals surface area contributed by atoms with Gasteiger partial charge in [-0.15, -0.1) is 0 Å². The third kappa shape index (κ3) is 4.54. The van der Waals surface area contributed by atoms with Crippen LogP contribution in [0.25, 0.3) is 0 Å². The van der Waals surface area contributed by atoms with Crippen molar-refractivity contribution in [3.05, 3.63) is 65.6 Å². The summed E-state index contributed by atoms with van der Waals surface area (Å²) in [4.78, 5) is 15.4. The summed E-state index contributed by atoms with van der Waals surface area (Å²) in [5.41, 5.74) is 1.24. The van der Waals surface area contributed by atoms with E-state index in [0.29, 0.717) is 43.6 Å². The Kier molecular flexibility index (Phi) is 6.03. The second kappa shape index (κ2) is 8.90. The van der Waals surface area contributed by atoms with Crippen LogP contribution in [-0.2, 0) is 10.0 Å². The highest BCUT2D eigenvalue weighted by Crippen LogP contribution is 2.24. The predicted molar refractivity (Wildman–Crippen MR) is 121 cm³/mol. The van der Waals surface area contributed by atoms with Crippen molar-refractivity contribution in [1.82, 2.24) is 19.3 Å². The van der Waals surface area contributed by atoms with Crippen LogP contribution >= 0.6 is 0 Å². The highest BCUT2D eigenvalue weighted by atomic mass is 32.2. The fourth-order valence-electron chi connectivity index (χ4n) is 3.59. The van der Waals surface area contributed by atoms with Crippen LogP contribution in [-0.4, -0.2) is 53.9 Å². The summed E-state index contributed by atoms with van der Waals surface area (Å²) in [5, 5.41) is 12.5. The Morgan fingerprint density at radius 2 is 1.75 bits per heavy atom. The number of pyridine rings is 1. The van der Waals surface area contributed by atoms with Crippen LogP contribution in [0.15, 0.2) is 53.6 Å². The van der Waals surface area contributed by atoms with E-state index in [9.17, 15) is 13.7 Å². The van der Waals surface area contributed by atoms with Crippen LogP contribution in [0, 0.1) is 25.2 Å². The van der Waals surface area contributed by atoms with Gasteiger partial charge in [0, 0.05) is 38.4 Å². The monoisotopic (exact) mass is 449 g/mol. The number of sulfonamides is 1. The Hall–Kier alpha value is -3.55. The molecule has 0 aliphatic carbocycles. The highest BCUT2D eigenvalue weighted by Gasteiger charge is 2.30. The Balaban J connectivity index is 1.50. The number of aryl methyl sites for hydroxylation is 2. The Bertz CT molecular complexity index is 1280. The molecule has 1 fully saturated rings. The molecule has 9 nitrogen and oxygen atoms in total. The molecule has 10 heteroatoms. The molecule has 0 saturated carbocycles. The average Bonchev–Trinajstić information content (AvgIpc) is 2.79. The van der Waals surface area contributed by atoms with Gasteiger partial charge in [-0.1, -0.05) is 12.1 Å². The zero-order valence-corrected chi connectivity index (χ0v) is 18.7. The molecule has 1 N–H and O–H groups in total. The van der Waals surface area contributed by atoms with Crippen LogP contribution in [0.2, 0.25) is 0 Å². The van der Waals surface area contributed by atoms with Crippen molar-refractivity contribution in [2.45, 2.75) is 18.7 Å². The second-order valence-corrected chi connectivity index (χ2v) is 9.41. The molecule has 1 aliphatic heterocycles. The number of aromatic nitrogens is 3. The SMILES string of the molecule is Cc1ccnc(Nc2cc(N3CCN(S(=O)(=O)c4ccccc4C#N)CC3)nc(C)n2)c1. The number of hydrogen-bond acceptors (Lipinski definition) is 8. The van der Waals surface area contributed by atoms with Crippen molar-refractivity contribution in [2.24, 2.45) is 0 Å². The number of benzene rings is 1. The van der Waals surface area contributed by atoms with Crippen LogP contribution in [0.3, 0.4) is 0 Å². The first-order valence-corrected chi connectivity index (χ1v) is 11.6. The van der Waals surface area contributed by atoms with Crippen molar-refractivity contribution in [3.8, 4) is 6.07 Å². The summed E-state index contributed by atoms with van der Waals surface area (Å²) >= 11 is 0. The maximum absolute atomic E-state index is 13.1. The molecule has 0 atom stereocenters. The van der Waals surface area contributed by atoms with E-state index in [4.69, 9.17) is 0 Å². The third-order valence-corrected chi connectivity index (χ3v) is 7.14. The Morgan fingerprint density at radius 1 is 1.00 bits per heavy atom. The van der Waals surface area contributed by atoms with Gasteiger partial charge in [0.1, 0.15) is 29.3 Å². The molecule has 0 bridgehead atoms. The topological polar surface area (TPSA) is 115 Å². The van der Waals surface area contributed by atoms with Crippen molar-refractivity contribution < 1.29 is 8.42 Å².